The Labute approximate surface area is 167 Å². The average Bonchev–Trinajstić information content (AvgIpc) is 3.23. The van der Waals surface area contributed by atoms with Crippen LogP contribution in [0, 0.1) is 13.8 Å². The van der Waals surface area contributed by atoms with Gasteiger partial charge in [-0.1, -0.05) is 25.0 Å². The molecule has 1 amide bonds. The van der Waals surface area contributed by atoms with E-state index in [1.54, 1.807) is 0 Å². The van der Waals surface area contributed by atoms with Crippen LogP contribution in [0.5, 0.6) is 0 Å². The second-order valence-corrected chi connectivity index (χ2v) is 9.40. The highest BCUT2D eigenvalue weighted by atomic mass is 32.1. The van der Waals surface area contributed by atoms with Crippen LogP contribution >= 0.6 is 11.3 Å². The first-order chi connectivity index (χ1) is 12.9. The lowest BCUT2D eigenvalue weighted by Gasteiger charge is -2.27. The Morgan fingerprint density at radius 1 is 1.15 bits per heavy atom. The summed E-state index contributed by atoms with van der Waals surface area (Å²) in [5.41, 5.74) is 10.8. The van der Waals surface area contributed by atoms with Gasteiger partial charge in [-0.3, -0.25) is 4.79 Å². The second kappa shape index (κ2) is 8.57. The number of benzene rings is 1. The summed E-state index contributed by atoms with van der Waals surface area (Å²) in [6.45, 7) is 7.79. The van der Waals surface area contributed by atoms with Crippen molar-refractivity contribution in [1.29, 1.82) is 0 Å². The molecule has 3 nitrogen and oxygen atoms in total. The van der Waals surface area contributed by atoms with E-state index in [0.29, 0.717) is 0 Å². The normalized spacial score (nSPS) is 15.9. The van der Waals surface area contributed by atoms with Gasteiger partial charge >= 0.3 is 0 Å². The molecular weight excluding hydrogens is 352 g/mol. The fourth-order valence-corrected chi connectivity index (χ4v) is 4.56. The van der Waals surface area contributed by atoms with Gasteiger partial charge in [0, 0.05) is 29.1 Å². The van der Waals surface area contributed by atoms with Crippen molar-refractivity contribution in [3.8, 4) is 0 Å². The molecule has 0 saturated heterocycles. The van der Waals surface area contributed by atoms with Crippen molar-refractivity contribution >= 4 is 17.2 Å². The van der Waals surface area contributed by atoms with E-state index in [1.807, 2.05) is 22.3 Å². The number of aryl methyl sites for hydroxylation is 3. The van der Waals surface area contributed by atoms with Crippen molar-refractivity contribution in [2.75, 3.05) is 6.54 Å². The Morgan fingerprint density at radius 3 is 2.67 bits per heavy atom. The lowest BCUT2D eigenvalue weighted by Crippen LogP contribution is -2.40. The SMILES string of the molecule is Cc1cc2c(cc1C)C(=O)N(CCC(C)(N)CCCCCc1cccs1)C2. The molecule has 1 unspecified atom stereocenters. The number of rotatable bonds is 9. The zero-order chi connectivity index (χ0) is 19.4. The predicted octanol–water partition coefficient (Wildman–Crippen LogP) is 5.23. The van der Waals surface area contributed by atoms with Crippen molar-refractivity contribution in [2.24, 2.45) is 5.73 Å². The van der Waals surface area contributed by atoms with Crippen LogP contribution in [-0.2, 0) is 13.0 Å². The zero-order valence-corrected chi connectivity index (χ0v) is 17.7. The minimum atomic E-state index is -0.205. The molecule has 0 radical (unpaired) electrons. The minimum absolute atomic E-state index is 0.167. The molecule has 0 aliphatic carbocycles. The van der Waals surface area contributed by atoms with E-state index in [4.69, 9.17) is 5.73 Å². The number of carbonyl (C=O) groups is 1. The van der Waals surface area contributed by atoms with Crippen LogP contribution in [0.4, 0.5) is 0 Å². The summed E-state index contributed by atoms with van der Waals surface area (Å²) in [5, 5.41) is 2.15. The quantitative estimate of drug-likeness (QED) is 0.602. The van der Waals surface area contributed by atoms with E-state index in [0.717, 1.165) is 43.5 Å². The average molecular weight is 385 g/mol. The summed E-state index contributed by atoms with van der Waals surface area (Å²) < 4.78 is 0. The monoisotopic (exact) mass is 384 g/mol. The zero-order valence-electron chi connectivity index (χ0n) is 16.9. The lowest BCUT2D eigenvalue weighted by molar-refractivity contribution is 0.0766. The number of hydrogen-bond donors (Lipinski definition) is 1. The molecule has 1 aromatic heterocycles. The standard InChI is InChI=1S/C23H32N2OS/c1-17-14-19-16-25(22(26)21(19)15-18(17)2)12-11-23(3,24)10-6-4-5-8-20-9-7-13-27-20/h7,9,13-15H,4-6,8,10-12,16,24H2,1-3H3. The first-order valence-corrected chi connectivity index (χ1v) is 10.9. The van der Waals surface area contributed by atoms with Gasteiger partial charge in [0.25, 0.3) is 5.91 Å². The third kappa shape index (κ3) is 5.20. The van der Waals surface area contributed by atoms with Gasteiger partial charge in [0.2, 0.25) is 0 Å². The van der Waals surface area contributed by atoms with Crippen molar-refractivity contribution in [2.45, 2.75) is 71.4 Å². The molecule has 2 aromatic rings. The third-order valence-electron chi connectivity index (χ3n) is 5.80. The lowest BCUT2D eigenvalue weighted by atomic mass is 9.91. The highest BCUT2D eigenvalue weighted by Gasteiger charge is 2.29. The van der Waals surface area contributed by atoms with Crippen molar-refractivity contribution in [3.05, 3.63) is 56.8 Å². The fraction of sp³-hybridized carbons (Fsp3) is 0.522. The van der Waals surface area contributed by atoms with Crippen LogP contribution in [0.15, 0.2) is 29.6 Å². The largest absolute Gasteiger partial charge is 0.334 e. The van der Waals surface area contributed by atoms with Crippen LogP contribution in [0.2, 0.25) is 0 Å². The summed E-state index contributed by atoms with van der Waals surface area (Å²) in [4.78, 5) is 16.1. The van der Waals surface area contributed by atoms with Gasteiger partial charge in [0.1, 0.15) is 0 Å². The number of fused-ring (bicyclic) bond motifs is 1. The fourth-order valence-electron chi connectivity index (χ4n) is 3.81. The Balaban J connectivity index is 1.41. The highest BCUT2D eigenvalue weighted by Crippen LogP contribution is 2.27. The molecular formula is C23H32N2OS. The topological polar surface area (TPSA) is 46.3 Å². The van der Waals surface area contributed by atoms with Crippen molar-refractivity contribution in [1.82, 2.24) is 4.90 Å². The van der Waals surface area contributed by atoms with Crippen molar-refractivity contribution < 1.29 is 4.79 Å². The van der Waals surface area contributed by atoms with Crippen LogP contribution < -0.4 is 5.73 Å². The molecule has 1 aliphatic heterocycles. The van der Waals surface area contributed by atoms with Gasteiger partial charge in [0.15, 0.2) is 0 Å². The molecule has 0 spiro atoms. The second-order valence-electron chi connectivity index (χ2n) is 8.36. The van der Waals surface area contributed by atoms with E-state index in [2.05, 4.69) is 44.4 Å². The number of carbonyl (C=O) groups excluding carboxylic acids is 1. The van der Waals surface area contributed by atoms with Gasteiger partial charge in [-0.2, -0.15) is 0 Å². The smallest absolute Gasteiger partial charge is 0.254 e. The van der Waals surface area contributed by atoms with Gasteiger partial charge in [-0.05, 0) is 80.7 Å². The number of unbranched alkanes of at least 4 members (excludes halogenated alkanes) is 2. The first-order valence-electron chi connectivity index (χ1n) is 10.1. The predicted molar refractivity (Wildman–Crippen MR) is 114 cm³/mol. The molecule has 1 aromatic carbocycles. The number of thiophene rings is 1. The number of hydrogen-bond acceptors (Lipinski definition) is 3. The van der Waals surface area contributed by atoms with Gasteiger partial charge in [-0.25, -0.2) is 0 Å². The molecule has 3 rings (SSSR count). The minimum Gasteiger partial charge on any atom is -0.334 e. The van der Waals surface area contributed by atoms with E-state index < -0.39 is 0 Å². The van der Waals surface area contributed by atoms with Crippen LogP contribution in [0.25, 0.3) is 0 Å². The maximum absolute atomic E-state index is 12.7. The molecule has 2 heterocycles. The maximum Gasteiger partial charge on any atom is 0.254 e. The summed E-state index contributed by atoms with van der Waals surface area (Å²) in [5.74, 6) is 0.167. The number of nitrogens with zero attached hydrogens (tertiary/aromatic N) is 1. The summed E-state index contributed by atoms with van der Waals surface area (Å²) in [7, 11) is 0. The van der Waals surface area contributed by atoms with E-state index in [9.17, 15) is 4.79 Å². The first kappa shape index (κ1) is 20.1. The van der Waals surface area contributed by atoms with Crippen LogP contribution in [-0.4, -0.2) is 22.9 Å². The Morgan fingerprint density at radius 2 is 1.93 bits per heavy atom. The Kier molecular flexibility index (Phi) is 6.38. The summed E-state index contributed by atoms with van der Waals surface area (Å²) in [6, 6.07) is 8.54. The Bertz CT molecular complexity index is 780. The highest BCUT2D eigenvalue weighted by molar-refractivity contribution is 7.09. The maximum atomic E-state index is 12.7. The third-order valence-corrected chi connectivity index (χ3v) is 6.74. The molecule has 4 heteroatoms. The molecule has 0 fully saturated rings. The van der Waals surface area contributed by atoms with Gasteiger partial charge in [-0.15, -0.1) is 11.3 Å². The molecule has 0 saturated carbocycles. The molecule has 0 bridgehead atoms. The van der Waals surface area contributed by atoms with E-state index >= 15 is 0 Å². The van der Waals surface area contributed by atoms with Crippen LogP contribution in [0.1, 0.15) is 71.0 Å². The molecule has 1 aliphatic rings. The van der Waals surface area contributed by atoms with E-state index in [-0.39, 0.29) is 11.4 Å². The van der Waals surface area contributed by atoms with Crippen LogP contribution in [0.3, 0.4) is 0 Å². The number of nitrogens with two attached hydrogens (primary N) is 1. The van der Waals surface area contributed by atoms with E-state index in [1.165, 1.54) is 35.3 Å². The summed E-state index contributed by atoms with van der Waals surface area (Å²) in [6.07, 6.45) is 6.66. The van der Waals surface area contributed by atoms with Gasteiger partial charge in [0.05, 0.1) is 0 Å². The van der Waals surface area contributed by atoms with Crippen molar-refractivity contribution in [3.63, 3.8) is 0 Å². The number of amides is 1. The van der Waals surface area contributed by atoms with Gasteiger partial charge < -0.3 is 10.6 Å². The Hall–Kier alpha value is -1.65. The molecule has 1 atom stereocenters. The molecule has 2 N–H and O–H groups in total. The summed E-state index contributed by atoms with van der Waals surface area (Å²) >= 11 is 1.84. The molecule has 146 valence electrons. The molecule has 27 heavy (non-hydrogen) atoms.